The quantitative estimate of drug-likeness (QED) is 0.763. The van der Waals surface area contributed by atoms with E-state index in [0.717, 1.165) is 50.2 Å². The predicted octanol–water partition coefficient (Wildman–Crippen LogP) is 2.29. The Hall–Kier alpha value is -2.09. The molecule has 2 fully saturated rings. The van der Waals surface area contributed by atoms with Crippen LogP contribution in [0.2, 0.25) is 0 Å². The number of likely N-dealkylation sites (N-methyl/N-ethyl adjacent to an activating group) is 1. The third-order valence-corrected chi connectivity index (χ3v) is 6.67. The summed E-state index contributed by atoms with van der Waals surface area (Å²) in [5, 5.41) is 1.08. The molecule has 170 valence electrons. The normalized spacial score (nSPS) is 18.7. The van der Waals surface area contributed by atoms with Gasteiger partial charge in [0.25, 0.3) is 5.91 Å². The second-order valence-electron chi connectivity index (χ2n) is 8.55. The second kappa shape index (κ2) is 10.5. The molecule has 4 rings (SSSR count). The Balaban J connectivity index is 0.00000272. The van der Waals surface area contributed by atoms with Gasteiger partial charge in [0.1, 0.15) is 6.54 Å². The van der Waals surface area contributed by atoms with Crippen molar-refractivity contribution in [2.45, 2.75) is 25.8 Å². The first-order chi connectivity index (χ1) is 14.5. The van der Waals surface area contributed by atoms with E-state index < -0.39 is 0 Å². The fourth-order valence-electron chi connectivity index (χ4n) is 4.65. The fraction of sp³-hybridized carbons (Fsp3) is 0.565. The van der Waals surface area contributed by atoms with Crippen LogP contribution in [-0.2, 0) is 4.79 Å². The molecule has 2 aliphatic heterocycles. The average Bonchev–Trinajstić information content (AvgIpc) is 3.25. The molecule has 0 atom stereocenters. The Bertz CT molecular complexity index is 885. The fourth-order valence-corrected chi connectivity index (χ4v) is 4.65. The van der Waals surface area contributed by atoms with Crippen LogP contribution in [0.3, 0.4) is 0 Å². The second-order valence-corrected chi connectivity index (χ2v) is 8.55. The number of halogens is 1. The van der Waals surface area contributed by atoms with Gasteiger partial charge in [-0.3, -0.25) is 14.5 Å². The van der Waals surface area contributed by atoms with Gasteiger partial charge in [-0.2, -0.15) is 0 Å². The summed E-state index contributed by atoms with van der Waals surface area (Å²) >= 11 is 0. The molecule has 2 amide bonds. The molecule has 31 heavy (non-hydrogen) atoms. The molecular weight excluding hydrogens is 414 g/mol. The van der Waals surface area contributed by atoms with Gasteiger partial charge in [0.05, 0.1) is 0 Å². The van der Waals surface area contributed by atoms with Crippen LogP contribution in [0.15, 0.2) is 30.5 Å². The summed E-state index contributed by atoms with van der Waals surface area (Å²) in [7, 11) is 2.18. The van der Waals surface area contributed by atoms with Gasteiger partial charge in [-0.05, 0) is 63.5 Å². The van der Waals surface area contributed by atoms with Crippen LogP contribution in [0.5, 0.6) is 0 Å². The number of hydrogen-bond donors (Lipinski definition) is 1. The van der Waals surface area contributed by atoms with E-state index >= 15 is 0 Å². The number of rotatable bonds is 5. The maximum absolute atomic E-state index is 13.0. The number of piperidine rings is 1. The Labute approximate surface area is 190 Å². The van der Waals surface area contributed by atoms with Gasteiger partial charge < -0.3 is 19.7 Å². The van der Waals surface area contributed by atoms with E-state index in [-0.39, 0.29) is 30.8 Å². The third kappa shape index (κ3) is 5.40. The Morgan fingerprint density at radius 2 is 1.77 bits per heavy atom. The highest BCUT2D eigenvalue weighted by Crippen LogP contribution is 2.18. The van der Waals surface area contributed by atoms with E-state index in [2.05, 4.69) is 21.8 Å². The van der Waals surface area contributed by atoms with Gasteiger partial charge in [0.15, 0.2) is 0 Å². The lowest BCUT2D eigenvalue weighted by molar-refractivity contribution is -0.134. The molecule has 3 heterocycles. The highest BCUT2D eigenvalue weighted by molar-refractivity contribution is 5.99. The number of aromatic nitrogens is 1. The number of nitrogens with zero attached hydrogens (tertiary/aromatic N) is 4. The summed E-state index contributed by atoms with van der Waals surface area (Å²) < 4.78 is 0. The van der Waals surface area contributed by atoms with E-state index in [0.29, 0.717) is 18.2 Å². The van der Waals surface area contributed by atoms with Crippen molar-refractivity contribution in [1.82, 2.24) is 24.6 Å². The monoisotopic (exact) mass is 447 g/mol. The minimum atomic E-state index is -0.0905. The molecule has 0 aliphatic carbocycles. The molecule has 0 bridgehead atoms. The Morgan fingerprint density at radius 1 is 1.06 bits per heavy atom. The number of hydrogen-bond acceptors (Lipinski definition) is 4. The standard InChI is InChI=1S/C23H33N5O2.ClH/c1-3-26(23(30)19-5-4-18-6-9-24-21(18)16-19)17-22(29)28-14-12-27(13-15-28)20-7-10-25(2)11-8-20;/h4-6,9,16,20,24H,3,7-8,10-15,17H2,1-2H3;1H. The largest absolute Gasteiger partial charge is 0.361 e. The smallest absolute Gasteiger partial charge is 0.254 e. The van der Waals surface area contributed by atoms with E-state index in [1.165, 1.54) is 12.8 Å². The summed E-state index contributed by atoms with van der Waals surface area (Å²) in [4.78, 5) is 37.5. The van der Waals surface area contributed by atoms with Crippen molar-refractivity contribution in [3.63, 3.8) is 0 Å². The number of H-pyrrole nitrogens is 1. The van der Waals surface area contributed by atoms with Crippen molar-refractivity contribution in [1.29, 1.82) is 0 Å². The average molecular weight is 448 g/mol. The lowest BCUT2D eigenvalue weighted by Gasteiger charge is -2.42. The van der Waals surface area contributed by atoms with Gasteiger partial charge in [-0.1, -0.05) is 6.07 Å². The van der Waals surface area contributed by atoms with Crippen LogP contribution in [0.4, 0.5) is 0 Å². The lowest BCUT2D eigenvalue weighted by atomic mass is 10.0. The zero-order valence-corrected chi connectivity index (χ0v) is 19.4. The van der Waals surface area contributed by atoms with Gasteiger partial charge in [-0.15, -0.1) is 12.4 Å². The molecule has 0 spiro atoms. The number of likely N-dealkylation sites (tertiary alicyclic amines) is 1. The maximum atomic E-state index is 13.0. The summed E-state index contributed by atoms with van der Waals surface area (Å²) in [6.07, 6.45) is 4.30. The summed E-state index contributed by atoms with van der Waals surface area (Å²) in [6, 6.07) is 8.28. The van der Waals surface area contributed by atoms with Gasteiger partial charge >= 0.3 is 0 Å². The van der Waals surface area contributed by atoms with E-state index in [4.69, 9.17) is 0 Å². The minimum Gasteiger partial charge on any atom is -0.361 e. The highest BCUT2D eigenvalue weighted by Gasteiger charge is 2.29. The molecule has 0 unspecified atom stereocenters. The molecule has 2 aromatic rings. The number of fused-ring (bicyclic) bond motifs is 1. The number of piperazine rings is 1. The first-order valence-electron chi connectivity index (χ1n) is 11.1. The van der Waals surface area contributed by atoms with Gasteiger partial charge in [0, 0.05) is 56.0 Å². The van der Waals surface area contributed by atoms with Crippen molar-refractivity contribution in [2.75, 3.05) is 59.4 Å². The van der Waals surface area contributed by atoms with Crippen LogP contribution in [0.25, 0.3) is 10.9 Å². The molecule has 1 aromatic carbocycles. The lowest BCUT2D eigenvalue weighted by Crippen LogP contribution is -2.55. The van der Waals surface area contributed by atoms with Crippen molar-refractivity contribution >= 4 is 35.1 Å². The van der Waals surface area contributed by atoms with Crippen LogP contribution in [0, 0.1) is 0 Å². The number of amides is 2. The van der Waals surface area contributed by atoms with Crippen LogP contribution >= 0.6 is 12.4 Å². The number of carbonyl (C=O) groups is 2. The zero-order valence-electron chi connectivity index (χ0n) is 18.5. The molecular formula is C23H34ClN5O2. The number of aromatic amines is 1. The molecule has 8 heteroatoms. The summed E-state index contributed by atoms with van der Waals surface area (Å²) in [6.45, 7) is 8.28. The first kappa shape index (κ1) is 23.6. The Kier molecular flexibility index (Phi) is 7.97. The van der Waals surface area contributed by atoms with E-state index in [1.807, 2.05) is 42.3 Å². The minimum absolute atomic E-state index is 0. The van der Waals surface area contributed by atoms with Crippen molar-refractivity contribution in [2.24, 2.45) is 0 Å². The molecule has 1 N–H and O–H groups in total. The molecule has 0 radical (unpaired) electrons. The highest BCUT2D eigenvalue weighted by atomic mass is 35.5. The SMILES string of the molecule is CCN(CC(=O)N1CCN(C2CCN(C)CC2)CC1)C(=O)c1ccc2cc[nH]c2c1.Cl. The first-order valence-corrected chi connectivity index (χ1v) is 11.1. The van der Waals surface area contributed by atoms with Crippen molar-refractivity contribution in [3.8, 4) is 0 Å². The molecule has 0 saturated carbocycles. The van der Waals surface area contributed by atoms with Crippen molar-refractivity contribution in [3.05, 3.63) is 36.0 Å². The number of benzene rings is 1. The van der Waals surface area contributed by atoms with Gasteiger partial charge in [0.2, 0.25) is 5.91 Å². The number of nitrogens with one attached hydrogen (secondary N) is 1. The number of carbonyl (C=O) groups excluding carboxylic acids is 2. The third-order valence-electron chi connectivity index (χ3n) is 6.67. The molecule has 2 aliphatic rings. The van der Waals surface area contributed by atoms with Gasteiger partial charge in [-0.25, -0.2) is 0 Å². The van der Waals surface area contributed by atoms with Crippen LogP contribution < -0.4 is 0 Å². The van der Waals surface area contributed by atoms with E-state index in [9.17, 15) is 9.59 Å². The predicted molar refractivity (Wildman–Crippen MR) is 126 cm³/mol. The summed E-state index contributed by atoms with van der Waals surface area (Å²) in [5.74, 6) is -0.0403. The van der Waals surface area contributed by atoms with Crippen LogP contribution in [0.1, 0.15) is 30.1 Å². The Morgan fingerprint density at radius 3 is 2.45 bits per heavy atom. The van der Waals surface area contributed by atoms with E-state index in [1.54, 1.807) is 4.90 Å². The maximum Gasteiger partial charge on any atom is 0.254 e. The van der Waals surface area contributed by atoms with Crippen LogP contribution in [-0.4, -0.2) is 102 Å². The molecule has 2 saturated heterocycles. The summed E-state index contributed by atoms with van der Waals surface area (Å²) in [5.41, 5.74) is 1.56. The zero-order chi connectivity index (χ0) is 21.1. The topological polar surface area (TPSA) is 62.9 Å². The molecule has 7 nitrogen and oxygen atoms in total. The van der Waals surface area contributed by atoms with Crippen molar-refractivity contribution < 1.29 is 9.59 Å². The molecule has 1 aromatic heterocycles.